The molecule has 112 valence electrons. The third-order valence-corrected chi connectivity index (χ3v) is 3.78. The molecule has 1 aromatic rings. The highest BCUT2D eigenvalue weighted by Gasteiger charge is 2.21. The number of morpholine rings is 1. The van der Waals surface area contributed by atoms with E-state index in [0.717, 1.165) is 13.0 Å². The Morgan fingerprint density at radius 3 is 2.85 bits per heavy atom. The first-order valence-corrected chi connectivity index (χ1v) is 7.22. The summed E-state index contributed by atoms with van der Waals surface area (Å²) in [6.07, 6.45) is 1.20. The lowest BCUT2D eigenvalue weighted by atomic mass is 10.2. The van der Waals surface area contributed by atoms with Crippen LogP contribution in [0.15, 0.2) is 9.59 Å². The minimum absolute atomic E-state index is 0.150. The number of halogens is 1. The first-order valence-electron chi connectivity index (χ1n) is 6.84. The van der Waals surface area contributed by atoms with Crippen LogP contribution in [-0.4, -0.2) is 47.3 Å². The molecule has 1 aromatic heterocycles. The van der Waals surface area contributed by atoms with Gasteiger partial charge in [0.05, 0.1) is 24.8 Å². The molecule has 7 heteroatoms. The summed E-state index contributed by atoms with van der Waals surface area (Å²) in [6.45, 7) is 4.40. The number of ether oxygens (including phenoxy) is 1. The van der Waals surface area contributed by atoms with E-state index < -0.39 is 5.69 Å². The second-order valence-corrected chi connectivity index (χ2v) is 5.52. The van der Waals surface area contributed by atoms with Crippen molar-refractivity contribution >= 4 is 11.6 Å². The first kappa shape index (κ1) is 15.3. The summed E-state index contributed by atoms with van der Waals surface area (Å²) >= 11 is 5.94. The minimum atomic E-state index is -0.475. The Hall–Kier alpha value is -1.11. The van der Waals surface area contributed by atoms with Crippen LogP contribution in [0.1, 0.15) is 18.9 Å². The van der Waals surface area contributed by atoms with Crippen LogP contribution < -0.4 is 11.2 Å². The van der Waals surface area contributed by atoms with E-state index in [4.69, 9.17) is 16.3 Å². The zero-order valence-electron chi connectivity index (χ0n) is 11.8. The second kappa shape index (κ2) is 6.56. The van der Waals surface area contributed by atoms with Gasteiger partial charge in [-0.1, -0.05) is 24.9 Å². The van der Waals surface area contributed by atoms with Crippen LogP contribution in [0.25, 0.3) is 0 Å². The second-order valence-electron chi connectivity index (χ2n) is 5.14. The van der Waals surface area contributed by atoms with E-state index in [-0.39, 0.29) is 23.4 Å². The van der Waals surface area contributed by atoms with Crippen LogP contribution in [-0.2, 0) is 17.7 Å². The van der Waals surface area contributed by atoms with E-state index in [1.165, 1.54) is 4.57 Å². The van der Waals surface area contributed by atoms with Gasteiger partial charge in [0.15, 0.2) is 0 Å². The lowest BCUT2D eigenvalue weighted by Gasteiger charge is -2.30. The lowest BCUT2D eigenvalue weighted by molar-refractivity contribution is -0.0285. The maximum atomic E-state index is 12.3. The molecule has 6 nitrogen and oxygen atoms in total. The molecular formula is C13H20ClN3O3. The van der Waals surface area contributed by atoms with Gasteiger partial charge in [-0.15, -0.1) is 0 Å². The van der Waals surface area contributed by atoms with Gasteiger partial charge in [-0.2, -0.15) is 0 Å². The zero-order valence-corrected chi connectivity index (χ0v) is 12.6. The van der Waals surface area contributed by atoms with Crippen LogP contribution in [0.3, 0.4) is 0 Å². The molecule has 2 rings (SSSR count). The highest BCUT2D eigenvalue weighted by molar-refractivity contribution is 6.30. The minimum Gasteiger partial charge on any atom is -0.374 e. The predicted octanol–water partition coefficient (Wildman–Crippen LogP) is 0.473. The molecule has 1 saturated heterocycles. The van der Waals surface area contributed by atoms with Gasteiger partial charge < -0.3 is 9.64 Å². The SMILES string of the molecule is CCCc1c(Cl)[nH]c(=O)n(CC2CN(C)CCO2)c1=O. The van der Waals surface area contributed by atoms with Crippen molar-refractivity contribution in [2.24, 2.45) is 0 Å². The van der Waals surface area contributed by atoms with Gasteiger partial charge >= 0.3 is 5.69 Å². The number of hydrogen-bond acceptors (Lipinski definition) is 4. The fraction of sp³-hybridized carbons (Fsp3) is 0.692. The lowest BCUT2D eigenvalue weighted by Crippen LogP contribution is -2.47. The van der Waals surface area contributed by atoms with Gasteiger partial charge in [0.25, 0.3) is 5.56 Å². The largest absolute Gasteiger partial charge is 0.374 e. The van der Waals surface area contributed by atoms with Crippen molar-refractivity contribution < 1.29 is 4.74 Å². The summed E-state index contributed by atoms with van der Waals surface area (Å²) in [5, 5.41) is 0.153. The van der Waals surface area contributed by atoms with Crippen LogP contribution in [0.2, 0.25) is 5.15 Å². The standard InChI is InChI=1S/C13H20ClN3O3/c1-3-4-10-11(14)15-13(19)17(12(10)18)8-9-7-16(2)5-6-20-9/h9H,3-8H2,1-2H3,(H,15,19). The van der Waals surface area contributed by atoms with Crippen molar-refractivity contribution in [3.63, 3.8) is 0 Å². The van der Waals surface area contributed by atoms with Gasteiger partial charge in [-0.3, -0.25) is 14.3 Å². The molecule has 0 aliphatic carbocycles. The molecule has 0 bridgehead atoms. The summed E-state index contributed by atoms with van der Waals surface area (Å²) in [7, 11) is 1.99. The van der Waals surface area contributed by atoms with Gasteiger partial charge in [-0.05, 0) is 13.5 Å². The van der Waals surface area contributed by atoms with E-state index >= 15 is 0 Å². The summed E-state index contributed by atoms with van der Waals surface area (Å²) in [4.78, 5) is 28.9. The maximum absolute atomic E-state index is 12.3. The number of rotatable bonds is 4. The van der Waals surface area contributed by atoms with Crippen molar-refractivity contribution in [3.8, 4) is 0 Å². The van der Waals surface area contributed by atoms with Gasteiger partial charge in [-0.25, -0.2) is 4.79 Å². The third kappa shape index (κ3) is 3.31. The Morgan fingerprint density at radius 2 is 2.20 bits per heavy atom. The average molecular weight is 302 g/mol. The van der Waals surface area contributed by atoms with E-state index in [0.29, 0.717) is 25.1 Å². The van der Waals surface area contributed by atoms with Crippen LogP contribution in [0.4, 0.5) is 0 Å². The number of aromatic amines is 1. The number of nitrogens with zero attached hydrogens (tertiary/aromatic N) is 2. The van der Waals surface area contributed by atoms with Gasteiger partial charge in [0.1, 0.15) is 5.15 Å². The zero-order chi connectivity index (χ0) is 14.7. The van der Waals surface area contributed by atoms with E-state index in [1.54, 1.807) is 0 Å². The Kier molecular flexibility index (Phi) is 5.01. The Morgan fingerprint density at radius 1 is 1.45 bits per heavy atom. The molecule has 0 amide bonds. The number of nitrogens with one attached hydrogen (secondary N) is 1. The summed E-state index contributed by atoms with van der Waals surface area (Å²) in [5.41, 5.74) is -0.313. The highest BCUT2D eigenvalue weighted by atomic mass is 35.5. The molecule has 1 aliphatic heterocycles. The summed E-state index contributed by atoms with van der Waals surface area (Å²) < 4.78 is 6.80. The smallest absolute Gasteiger partial charge is 0.329 e. The topological polar surface area (TPSA) is 67.3 Å². The quantitative estimate of drug-likeness (QED) is 0.821. The summed E-state index contributed by atoms with van der Waals surface area (Å²) in [5.74, 6) is 0. The summed E-state index contributed by atoms with van der Waals surface area (Å²) in [6, 6.07) is 0. The molecule has 0 radical (unpaired) electrons. The number of H-pyrrole nitrogens is 1. The van der Waals surface area contributed by atoms with Crippen LogP contribution in [0, 0.1) is 0 Å². The molecule has 0 saturated carbocycles. The van der Waals surface area contributed by atoms with E-state index in [2.05, 4.69) is 9.88 Å². The Balaban J connectivity index is 2.29. The average Bonchev–Trinajstić information content (AvgIpc) is 2.39. The normalized spacial score (nSPS) is 20.2. The van der Waals surface area contributed by atoms with Crippen molar-refractivity contribution in [3.05, 3.63) is 31.6 Å². The van der Waals surface area contributed by atoms with Gasteiger partial charge in [0, 0.05) is 13.1 Å². The molecule has 0 spiro atoms. The van der Waals surface area contributed by atoms with Crippen molar-refractivity contribution in [1.29, 1.82) is 0 Å². The molecule has 1 unspecified atom stereocenters. The maximum Gasteiger partial charge on any atom is 0.329 e. The third-order valence-electron chi connectivity index (χ3n) is 3.46. The fourth-order valence-electron chi connectivity index (χ4n) is 2.40. The molecule has 0 aromatic carbocycles. The first-order chi connectivity index (χ1) is 9.52. The molecule has 1 fully saturated rings. The highest BCUT2D eigenvalue weighted by Crippen LogP contribution is 2.09. The fourth-order valence-corrected chi connectivity index (χ4v) is 2.66. The molecule has 1 atom stereocenters. The van der Waals surface area contributed by atoms with E-state index in [9.17, 15) is 9.59 Å². The predicted molar refractivity (Wildman–Crippen MR) is 77.6 cm³/mol. The number of likely N-dealkylation sites (N-methyl/N-ethyl adjacent to an activating group) is 1. The van der Waals surface area contributed by atoms with E-state index in [1.807, 2.05) is 14.0 Å². The molecule has 20 heavy (non-hydrogen) atoms. The van der Waals surface area contributed by atoms with Crippen LogP contribution in [0.5, 0.6) is 0 Å². The Bertz CT molecular complexity index is 581. The van der Waals surface area contributed by atoms with Crippen molar-refractivity contribution in [2.45, 2.75) is 32.4 Å². The number of aromatic nitrogens is 2. The monoisotopic (exact) mass is 301 g/mol. The molecule has 2 heterocycles. The van der Waals surface area contributed by atoms with Crippen molar-refractivity contribution in [2.75, 3.05) is 26.7 Å². The molecular weight excluding hydrogens is 282 g/mol. The van der Waals surface area contributed by atoms with Crippen LogP contribution >= 0.6 is 11.6 Å². The van der Waals surface area contributed by atoms with Crippen molar-refractivity contribution in [1.82, 2.24) is 14.5 Å². The van der Waals surface area contributed by atoms with Gasteiger partial charge in [0.2, 0.25) is 0 Å². The number of hydrogen-bond donors (Lipinski definition) is 1. The molecule has 1 aliphatic rings. The Labute approximate surface area is 122 Å². The molecule has 1 N–H and O–H groups in total.